The van der Waals surface area contributed by atoms with Gasteiger partial charge in [0.1, 0.15) is 0 Å². The summed E-state index contributed by atoms with van der Waals surface area (Å²) in [5.74, 6) is 0.266. The number of nitrogens with one attached hydrogen (secondary N) is 1. The van der Waals surface area contributed by atoms with E-state index < -0.39 is 5.60 Å². The quantitative estimate of drug-likeness (QED) is 0.833. The lowest BCUT2D eigenvalue weighted by Gasteiger charge is -2.25. The number of aliphatic hydroxyl groups is 1. The summed E-state index contributed by atoms with van der Waals surface area (Å²) in [5, 5.41) is 14.9. The molecule has 0 aliphatic heterocycles. The Kier molecular flexibility index (Phi) is 5.35. The molecule has 0 fully saturated rings. The minimum atomic E-state index is -0.787. The zero-order chi connectivity index (χ0) is 13.8. The van der Waals surface area contributed by atoms with E-state index in [1.807, 2.05) is 25.3 Å². The molecule has 1 heterocycles. The number of rotatable bonds is 6. The molecule has 0 unspecified atom stereocenters. The van der Waals surface area contributed by atoms with Crippen LogP contribution in [0.4, 0.5) is 0 Å². The van der Waals surface area contributed by atoms with Crippen LogP contribution in [-0.2, 0) is 0 Å². The third-order valence-electron chi connectivity index (χ3n) is 3.42. The van der Waals surface area contributed by atoms with Gasteiger partial charge in [0.15, 0.2) is 0 Å². The maximum absolute atomic E-state index is 12.1. The molecule has 0 bridgehead atoms. The maximum Gasteiger partial charge on any atom is 0.261 e. The first kappa shape index (κ1) is 15.2. The van der Waals surface area contributed by atoms with Crippen molar-refractivity contribution in [1.82, 2.24) is 5.32 Å². The van der Waals surface area contributed by atoms with Crippen LogP contribution in [0, 0.1) is 0 Å². The Balaban J connectivity index is 2.69. The van der Waals surface area contributed by atoms with E-state index in [4.69, 9.17) is 0 Å². The molecule has 4 heteroatoms. The molecule has 2 N–H and O–H groups in total. The van der Waals surface area contributed by atoms with Gasteiger partial charge in [0.05, 0.1) is 10.5 Å². The van der Waals surface area contributed by atoms with Crippen LogP contribution >= 0.6 is 11.3 Å². The first-order valence-corrected chi connectivity index (χ1v) is 7.39. The van der Waals surface area contributed by atoms with Gasteiger partial charge in [0, 0.05) is 6.54 Å². The SMILES string of the molecule is CCC(O)(CC)CNC(=O)c1sccc1C(C)C. The molecule has 18 heavy (non-hydrogen) atoms. The van der Waals surface area contributed by atoms with Crippen LogP contribution in [0.15, 0.2) is 11.4 Å². The van der Waals surface area contributed by atoms with Crippen molar-refractivity contribution in [3.05, 3.63) is 21.9 Å². The standard InChI is InChI=1S/C14H23NO2S/c1-5-14(17,6-2)9-15-13(16)12-11(10(3)4)7-8-18-12/h7-8,10,17H,5-6,9H2,1-4H3,(H,15,16). The third-order valence-corrected chi connectivity index (χ3v) is 4.35. The van der Waals surface area contributed by atoms with E-state index in [0.717, 1.165) is 10.4 Å². The molecule has 0 spiro atoms. The highest BCUT2D eigenvalue weighted by atomic mass is 32.1. The Morgan fingerprint density at radius 1 is 1.44 bits per heavy atom. The maximum atomic E-state index is 12.1. The smallest absolute Gasteiger partial charge is 0.261 e. The van der Waals surface area contributed by atoms with E-state index in [0.29, 0.717) is 25.3 Å². The van der Waals surface area contributed by atoms with Gasteiger partial charge in [-0.3, -0.25) is 4.79 Å². The average Bonchev–Trinajstić information content (AvgIpc) is 2.85. The van der Waals surface area contributed by atoms with E-state index >= 15 is 0 Å². The number of hydrogen-bond acceptors (Lipinski definition) is 3. The van der Waals surface area contributed by atoms with Crippen molar-refractivity contribution in [3.63, 3.8) is 0 Å². The largest absolute Gasteiger partial charge is 0.388 e. The summed E-state index contributed by atoms with van der Waals surface area (Å²) in [5.41, 5.74) is 0.291. The summed E-state index contributed by atoms with van der Waals surface area (Å²) in [6, 6.07) is 2.00. The summed E-state index contributed by atoms with van der Waals surface area (Å²) >= 11 is 1.46. The van der Waals surface area contributed by atoms with Gasteiger partial charge < -0.3 is 10.4 Å². The fourth-order valence-electron chi connectivity index (χ4n) is 1.78. The molecule has 0 aliphatic rings. The number of thiophene rings is 1. The highest BCUT2D eigenvalue weighted by Gasteiger charge is 2.24. The topological polar surface area (TPSA) is 49.3 Å². The van der Waals surface area contributed by atoms with E-state index in [1.165, 1.54) is 11.3 Å². The zero-order valence-corrected chi connectivity index (χ0v) is 12.4. The molecule has 0 radical (unpaired) electrons. The molecular weight excluding hydrogens is 246 g/mol. The fourth-order valence-corrected chi connectivity index (χ4v) is 2.75. The van der Waals surface area contributed by atoms with E-state index in [-0.39, 0.29) is 5.91 Å². The number of hydrogen-bond donors (Lipinski definition) is 2. The molecule has 0 aliphatic carbocycles. The normalized spacial score (nSPS) is 11.9. The van der Waals surface area contributed by atoms with Crippen LogP contribution in [0.5, 0.6) is 0 Å². The van der Waals surface area contributed by atoms with Gasteiger partial charge in [-0.2, -0.15) is 0 Å². The van der Waals surface area contributed by atoms with Crippen molar-refractivity contribution < 1.29 is 9.90 Å². The second-order valence-electron chi connectivity index (χ2n) is 4.97. The lowest BCUT2D eigenvalue weighted by atomic mass is 9.97. The Bertz CT molecular complexity index is 394. The molecule has 1 rings (SSSR count). The fraction of sp³-hybridized carbons (Fsp3) is 0.643. The van der Waals surface area contributed by atoms with Gasteiger partial charge in [0.2, 0.25) is 0 Å². The van der Waals surface area contributed by atoms with Crippen LogP contribution in [0.3, 0.4) is 0 Å². The van der Waals surface area contributed by atoms with Gasteiger partial charge in [-0.1, -0.05) is 27.7 Å². The molecule has 1 aromatic heterocycles. The van der Waals surface area contributed by atoms with Crippen LogP contribution in [0.1, 0.15) is 61.7 Å². The molecule has 102 valence electrons. The lowest BCUT2D eigenvalue weighted by molar-refractivity contribution is 0.0314. The molecule has 1 amide bonds. The summed E-state index contributed by atoms with van der Waals surface area (Å²) in [6.45, 7) is 8.33. The van der Waals surface area contributed by atoms with Crippen LogP contribution in [-0.4, -0.2) is 23.2 Å². The Morgan fingerprint density at radius 2 is 2.06 bits per heavy atom. The van der Waals surface area contributed by atoms with Crippen molar-refractivity contribution in [2.24, 2.45) is 0 Å². The molecule has 0 aromatic carbocycles. The van der Waals surface area contributed by atoms with Gasteiger partial charge in [-0.15, -0.1) is 11.3 Å². The second kappa shape index (κ2) is 6.34. The monoisotopic (exact) mass is 269 g/mol. The predicted molar refractivity (Wildman–Crippen MR) is 76.3 cm³/mol. The summed E-state index contributed by atoms with van der Waals surface area (Å²) in [7, 11) is 0. The molecule has 0 saturated heterocycles. The number of amides is 1. The first-order chi connectivity index (χ1) is 8.43. The van der Waals surface area contributed by atoms with Crippen molar-refractivity contribution >= 4 is 17.2 Å². The van der Waals surface area contributed by atoms with Crippen molar-refractivity contribution in [2.45, 2.75) is 52.1 Å². The van der Waals surface area contributed by atoms with Gasteiger partial charge in [-0.05, 0) is 35.8 Å². The zero-order valence-electron chi connectivity index (χ0n) is 11.6. The minimum absolute atomic E-state index is 0.0750. The van der Waals surface area contributed by atoms with Crippen molar-refractivity contribution in [3.8, 4) is 0 Å². The third kappa shape index (κ3) is 3.56. The van der Waals surface area contributed by atoms with Gasteiger partial charge in [0.25, 0.3) is 5.91 Å². The molecule has 3 nitrogen and oxygen atoms in total. The number of carbonyl (C=O) groups is 1. The van der Waals surface area contributed by atoms with Gasteiger partial charge >= 0.3 is 0 Å². The molecule has 0 saturated carbocycles. The molecule has 1 aromatic rings. The Labute approximate surface area is 113 Å². The summed E-state index contributed by atoms with van der Waals surface area (Å²) in [4.78, 5) is 12.9. The summed E-state index contributed by atoms with van der Waals surface area (Å²) in [6.07, 6.45) is 1.29. The van der Waals surface area contributed by atoms with E-state index in [1.54, 1.807) is 0 Å². The van der Waals surface area contributed by atoms with Gasteiger partial charge in [-0.25, -0.2) is 0 Å². The highest BCUT2D eigenvalue weighted by Crippen LogP contribution is 2.24. The second-order valence-corrected chi connectivity index (χ2v) is 5.89. The minimum Gasteiger partial charge on any atom is -0.388 e. The average molecular weight is 269 g/mol. The van der Waals surface area contributed by atoms with Crippen LogP contribution < -0.4 is 5.32 Å². The Hall–Kier alpha value is -0.870. The highest BCUT2D eigenvalue weighted by molar-refractivity contribution is 7.12. The van der Waals surface area contributed by atoms with Crippen molar-refractivity contribution in [2.75, 3.05) is 6.54 Å². The van der Waals surface area contributed by atoms with Crippen LogP contribution in [0.25, 0.3) is 0 Å². The van der Waals surface area contributed by atoms with Crippen molar-refractivity contribution in [1.29, 1.82) is 0 Å². The van der Waals surface area contributed by atoms with Crippen LogP contribution in [0.2, 0.25) is 0 Å². The number of carbonyl (C=O) groups excluding carboxylic acids is 1. The Morgan fingerprint density at radius 3 is 2.56 bits per heavy atom. The predicted octanol–water partition coefficient (Wildman–Crippen LogP) is 3.15. The van der Waals surface area contributed by atoms with E-state index in [9.17, 15) is 9.90 Å². The van der Waals surface area contributed by atoms with E-state index in [2.05, 4.69) is 19.2 Å². The first-order valence-electron chi connectivity index (χ1n) is 6.51. The lowest BCUT2D eigenvalue weighted by Crippen LogP contribution is -2.42. The summed E-state index contributed by atoms with van der Waals surface area (Å²) < 4.78 is 0. The molecular formula is C14H23NO2S. The molecule has 0 atom stereocenters.